The summed E-state index contributed by atoms with van der Waals surface area (Å²) in [6.07, 6.45) is 0.447. The molecule has 1 aromatic rings. The average Bonchev–Trinajstić information content (AvgIpc) is 2.47. The van der Waals surface area contributed by atoms with Crippen molar-refractivity contribution in [3.63, 3.8) is 0 Å². The molecule has 1 heterocycles. The molecule has 0 unspecified atom stereocenters. The highest BCUT2D eigenvalue weighted by molar-refractivity contribution is 5.76. The summed E-state index contributed by atoms with van der Waals surface area (Å²) < 4.78 is 13.0. The molecule has 1 aliphatic heterocycles. The molecule has 1 aliphatic rings. The molecule has 4 nitrogen and oxygen atoms in total. The van der Waals surface area contributed by atoms with Crippen LogP contribution in [-0.2, 0) is 4.79 Å². The van der Waals surface area contributed by atoms with Crippen molar-refractivity contribution in [3.05, 3.63) is 30.1 Å². The maximum Gasteiger partial charge on any atom is 0.224 e. The largest absolute Gasteiger partial charge is 0.384 e. The second-order valence-electron chi connectivity index (χ2n) is 5.00. The van der Waals surface area contributed by atoms with Crippen LogP contribution in [0, 0.1) is 5.82 Å². The van der Waals surface area contributed by atoms with Gasteiger partial charge < -0.3 is 15.1 Å². The first-order chi connectivity index (χ1) is 9.69. The number of likely N-dealkylation sites (N-methyl/N-ethyl adjacent to an activating group) is 1. The van der Waals surface area contributed by atoms with Gasteiger partial charge in [-0.05, 0) is 24.7 Å². The molecule has 0 radical (unpaired) electrons. The van der Waals surface area contributed by atoms with Crippen molar-refractivity contribution in [1.29, 1.82) is 0 Å². The number of amides is 1. The van der Waals surface area contributed by atoms with Crippen LogP contribution >= 0.6 is 0 Å². The van der Waals surface area contributed by atoms with Crippen molar-refractivity contribution in [2.24, 2.45) is 0 Å². The molecule has 2 rings (SSSR count). The van der Waals surface area contributed by atoms with Gasteiger partial charge in [-0.2, -0.15) is 0 Å². The number of hydrogen-bond acceptors (Lipinski definition) is 3. The lowest BCUT2D eigenvalue weighted by Gasteiger charge is -2.34. The van der Waals surface area contributed by atoms with E-state index in [0.29, 0.717) is 18.7 Å². The number of piperazine rings is 1. The molecule has 1 saturated heterocycles. The molecule has 0 aliphatic carbocycles. The van der Waals surface area contributed by atoms with Gasteiger partial charge >= 0.3 is 0 Å². The summed E-state index contributed by atoms with van der Waals surface area (Å²) in [7, 11) is 0. The molecule has 1 aromatic carbocycles. The summed E-state index contributed by atoms with van der Waals surface area (Å²) in [5.41, 5.74) is 0.716. The van der Waals surface area contributed by atoms with E-state index < -0.39 is 0 Å². The van der Waals surface area contributed by atoms with Gasteiger partial charge in [-0.3, -0.25) is 4.79 Å². The van der Waals surface area contributed by atoms with Crippen molar-refractivity contribution in [2.45, 2.75) is 13.3 Å². The van der Waals surface area contributed by atoms with Gasteiger partial charge in [-0.25, -0.2) is 4.39 Å². The Morgan fingerprint density at radius 2 is 2.05 bits per heavy atom. The summed E-state index contributed by atoms with van der Waals surface area (Å²) in [5, 5.41) is 3.08. The minimum atomic E-state index is -0.267. The first-order valence-electron chi connectivity index (χ1n) is 7.18. The first-order valence-corrected chi connectivity index (χ1v) is 7.18. The summed E-state index contributed by atoms with van der Waals surface area (Å²) in [6.45, 7) is 7.26. The number of rotatable bonds is 5. The quantitative estimate of drug-likeness (QED) is 0.892. The number of hydrogen-bond donors (Lipinski definition) is 1. The van der Waals surface area contributed by atoms with Gasteiger partial charge in [0.15, 0.2) is 0 Å². The Morgan fingerprint density at radius 1 is 1.30 bits per heavy atom. The highest BCUT2D eigenvalue weighted by atomic mass is 19.1. The van der Waals surface area contributed by atoms with E-state index >= 15 is 0 Å². The Kier molecular flexibility index (Phi) is 5.35. The average molecular weight is 279 g/mol. The maximum absolute atomic E-state index is 13.0. The molecule has 0 atom stereocenters. The third-order valence-electron chi connectivity index (χ3n) is 3.66. The van der Waals surface area contributed by atoms with E-state index in [1.807, 2.05) is 4.90 Å². The van der Waals surface area contributed by atoms with Crippen LogP contribution in [0.25, 0.3) is 0 Å². The molecule has 5 heteroatoms. The Hall–Kier alpha value is -1.62. The SMILES string of the molecule is CCN1CCN(C(=O)CCNc2cccc(F)c2)CC1. The summed E-state index contributed by atoms with van der Waals surface area (Å²) in [4.78, 5) is 16.3. The van der Waals surface area contributed by atoms with E-state index in [0.717, 1.165) is 32.7 Å². The fraction of sp³-hybridized carbons (Fsp3) is 0.533. The van der Waals surface area contributed by atoms with Crippen molar-refractivity contribution < 1.29 is 9.18 Å². The van der Waals surface area contributed by atoms with E-state index in [2.05, 4.69) is 17.1 Å². The standard InChI is InChI=1S/C15H22FN3O/c1-2-18-8-10-19(11-9-18)15(20)6-7-17-14-5-3-4-13(16)12-14/h3-5,12,17H,2,6-11H2,1H3. The van der Waals surface area contributed by atoms with Gasteiger partial charge in [-0.1, -0.05) is 13.0 Å². The zero-order chi connectivity index (χ0) is 14.4. The van der Waals surface area contributed by atoms with Crippen molar-refractivity contribution in [3.8, 4) is 0 Å². The summed E-state index contributed by atoms with van der Waals surface area (Å²) >= 11 is 0. The predicted molar refractivity (Wildman–Crippen MR) is 78.2 cm³/mol. The second kappa shape index (κ2) is 7.24. The third-order valence-corrected chi connectivity index (χ3v) is 3.66. The molecule has 1 amide bonds. The highest BCUT2D eigenvalue weighted by Crippen LogP contribution is 2.09. The zero-order valence-electron chi connectivity index (χ0n) is 11.9. The Labute approximate surface area is 119 Å². The molecule has 1 fully saturated rings. The minimum absolute atomic E-state index is 0.171. The first kappa shape index (κ1) is 14.8. The molecule has 0 spiro atoms. The van der Waals surface area contributed by atoms with Crippen LogP contribution in [0.3, 0.4) is 0 Å². The number of nitrogens with one attached hydrogen (secondary N) is 1. The van der Waals surface area contributed by atoms with Gasteiger partial charge in [0.2, 0.25) is 5.91 Å². The Bertz CT molecular complexity index is 444. The van der Waals surface area contributed by atoms with Gasteiger partial charge in [0.25, 0.3) is 0 Å². The van der Waals surface area contributed by atoms with Gasteiger partial charge in [0.05, 0.1) is 0 Å². The van der Waals surface area contributed by atoms with E-state index in [4.69, 9.17) is 0 Å². The Morgan fingerprint density at radius 3 is 2.70 bits per heavy atom. The Balaban J connectivity index is 1.70. The van der Waals surface area contributed by atoms with E-state index in [9.17, 15) is 9.18 Å². The van der Waals surface area contributed by atoms with E-state index in [1.165, 1.54) is 12.1 Å². The molecule has 110 valence electrons. The number of carbonyl (C=O) groups excluding carboxylic acids is 1. The third kappa shape index (κ3) is 4.20. The normalized spacial score (nSPS) is 16.2. The van der Waals surface area contributed by atoms with Crippen LogP contribution in [0.5, 0.6) is 0 Å². The van der Waals surface area contributed by atoms with Gasteiger partial charge in [-0.15, -0.1) is 0 Å². The summed E-state index contributed by atoms with van der Waals surface area (Å²) in [5.74, 6) is -0.0957. The fourth-order valence-electron chi connectivity index (χ4n) is 2.38. The van der Waals surface area contributed by atoms with Crippen LogP contribution in [0.1, 0.15) is 13.3 Å². The number of nitrogens with zero attached hydrogens (tertiary/aromatic N) is 2. The number of benzene rings is 1. The highest BCUT2D eigenvalue weighted by Gasteiger charge is 2.19. The number of halogens is 1. The van der Waals surface area contributed by atoms with Crippen LogP contribution < -0.4 is 5.32 Å². The van der Waals surface area contributed by atoms with Gasteiger partial charge in [0.1, 0.15) is 5.82 Å². The van der Waals surface area contributed by atoms with E-state index in [1.54, 1.807) is 12.1 Å². The molecule has 1 N–H and O–H groups in total. The van der Waals surface area contributed by atoms with Gasteiger partial charge in [0, 0.05) is 44.8 Å². The summed E-state index contributed by atoms with van der Waals surface area (Å²) in [6, 6.07) is 6.30. The van der Waals surface area contributed by atoms with Crippen LogP contribution in [0.15, 0.2) is 24.3 Å². The van der Waals surface area contributed by atoms with Crippen molar-refractivity contribution in [2.75, 3.05) is 44.6 Å². The topological polar surface area (TPSA) is 35.6 Å². The minimum Gasteiger partial charge on any atom is -0.384 e. The van der Waals surface area contributed by atoms with Crippen molar-refractivity contribution in [1.82, 2.24) is 9.80 Å². The zero-order valence-corrected chi connectivity index (χ0v) is 11.9. The fourth-order valence-corrected chi connectivity index (χ4v) is 2.38. The van der Waals surface area contributed by atoms with Crippen LogP contribution in [0.4, 0.5) is 10.1 Å². The molecule has 0 aromatic heterocycles. The van der Waals surface area contributed by atoms with Crippen LogP contribution in [0.2, 0.25) is 0 Å². The molecule has 20 heavy (non-hydrogen) atoms. The smallest absolute Gasteiger partial charge is 0.224 e. The molecule has 0 bridgehead atoms. The lowest BCUT2D eigenvalue weighted by Crippen LogP contribution is -2.48. The number of carbonyl (C=O) groups is 1. The monoisotopic (exact) mass is 279 g/mol. The van der Waals surface area contributed by atoms with Crippen LogP contribution in [-0.4, -0.2) is 55.0 Å². The second-order valence-corrected chi connectivity index (χ2v) is 5.00. The van der Waals surface area contributed by atoms with Crippen molar-refractivity contribution >= 4 is 11.6 Å². The molecular weight excluding hydrogens is 257 g/mol. The lowest BCUT2D eigenvalue weighted by molar-refractivity contribution is -0.132. The maximum atomic E-state index is 13.0. The predicted octanol–water partition coefficient (Wildman–Crippen LogP) is 1.79. The molecular formula is C15H22FN3O. The lowest BCUT2D eigenvalue weighted by atomic mass is 10.2. The number of anilines is 1. The van der Waals surface area contributed by atoms with E-state index in [-0.39, 0.29) is 11.7 Å². The molecule has 0 saturated carbocycles.